The second kappa shape index (κ2) is 5.80. The lowest BCUT2D eigenvalue weighted by Gasteiger charge is -2.04. The maximum atomic E-state index is 11.3. The average Bonchev–Trinajstić information content (AvgIpc) is 2.19. The fourth-order valence-electron chi connectivity index (χ4n) is 1.13. The van der Waals surface area contributed by atoms with Crippen molar-refractivity contribution < 1.29 is 9.59 Å². The molecule has 0 aliphatic carbocycles. The van der Waals surface area contributed by atoms with Gasteiger partial charge in [0.1, 0.15) is 6.42 Å². The first-order valence-electron chi connectivity index (χ1n) is 4.84. The molecule has 0 bridgehead atoms. The van der Waals surface area contributed by atoms with Crippen LogP contribution in [0.1, 0.15) is 13.3 Å². The first-order chi connectivity index (χ1) is 7.22. The molecule has 0 saturated carbocycles. The van der Waals surface area contributed by atoms with Crippen molar-refractivity contribution in [1.29, 1.82) is 0 Å². The second-order valence-electron chi connectivity index (χ2n) is 3.04. The summed E-state index contributed by atoms with van der Waals surface area (Å²) in [5.41, 5.74) is 0.701. The van der Waals surface area contributed by atoms with Gasteiger partial charge in [0.2, 0.25) is 11.8 Å². The molecular weight excluding hydrogens is 192 g/mol. The number of carbonyl (C=O) groups is 2. The molecule has 1 aromatic rings. The zero-order valence-corrected chi connectivity index (χ0v) is 8.62. The minimum atomic E-state index is -0.299. The van der Waals surface area contributed by atoms with E-state index in [0.717, 1.165) is 0 Å². The summed E-state index contributed by atoms with van der Waals surface area (Å²) in [4.78, 5) is 22.4. The molecular formula is C11H14N2O2. The molecule has 0 atom stereocenters. The zero-order valence-electron chi connectivity index (χ0n) is 8.62. The van der Waals surface area contributed by atoms with Crippen molar-refractivity contribution in [2.45, 2.75) is 13.3 Å². The Morgan fingerprint density at radius 1 is 1.13 bits per heavy atom. The van der Waals surface area contributed by atoms with Crippen LogP contribution in [0.5, 0.6) is 0 Å². The maximum absolute atomic E-state index is 11.3. The van der Waals surface area contributed by atoms with Crippen LogP contribution in [0, 0.1) is 0 Å². The molecule has 2 N–H and O–H groups in total. The van der Waals surface area contributed by atoms with E-state index < -0.39 is 0 Å². The van der Waals surface area contributed by atoms with Gasteiger partial charge in [-0.05, 0) is 19.1 Å². The lowest BCUT2D eigenvalue weighted by molar-refractivity contribution is -0.126. The van der Waals surface area contributed by atoms with E-state index in [1.165, 1.54) is 0 Å². The van der Waals surface area contributed by atoms with Gasteiger partial charge in [-0.25, -0.2) is 0 Å². The summed E-state index contributed by atoms with van der Waals surface area (Å²) in [5, 5.41) is 5.19. The average molecular weight is 206 g/mol. The molecule has 1 rings (SSSR count). The van der Waals surface area contributed by atoms with Gasteiger partial charge in [-0.3, -0.25) is 9.59 Å². The van der Waals surface area contributed by atoms with Crippen LogP contribution >= 0.6 is 0 Å². The van der Waals surface area contributed by atoms with E-state index in [2.05, 4.69) is 10.6 Å². The molecule has 0 radical (unpaired) electrons. The normalized spacial score (nSPS) is 9.40. The van der Waals surface area contributed by atoms with Gasteiger partial charge in [0.25, 0.3) is 0 Å². The predicted octanol–water partition coefficient (Wildman–Crippen LogP) is 1.15. The molecule has 15 heavy (non-hydrogen) atoms. The lowest BCUT2D eigenvalue weighted by atomic mass is 10.3. The van der Waals surface area contributed by atoms with E-state index >= 15 is 0 Å². The summed E-state index contributed by atoms with van der Waals surface area (Å²) in [5.74, 6) is -0.557. The highest BCUT2D eigenvalue weighted by Gasteiger charge is 2.07. The maximum Gasteiger partial charge on any atom is 0.233 e. The summed E-state index contributed by atoms with van der Waals surface area (Å²) in [6.07, 6.45) is -0.136. The van der Waals surface area contributed by atoms with Crippen molar-refractivity contribution in [2.75, 3.05) is 11.9 Å². The second-order valence-corrected chi connectivity index (χ2v) is 3.04. The Hall–Kier alpha value is -1.84. The Morgan fingerprint density at radius 3 is 2.40 bits per heavy atom. The lowest BCUT2D eigenvalue weighted by Crippen LogP contribution is -2.27. The number of carbonyl (C=O) groups excluding carboxylic acids is 2. The fourth-order valence-corrected chi connectivity index (χ4v) is 1.13. The highest BCUT2D eigenvalue weighted by atomic mass is 16.2. The van der Waals surface area contributed by atoms with Crippen LogP contribution in [0.3, 0.4) is 0 Å². The Bertz CT molecular complexity index is 336. The molecule has 0 heterocycles. The molecule has 4 nitrogen and oxygen atoms in total. The minimum absolute atomic E-state index is 0.136. The first-order valence-corrected chi connectivity index (χ1v) is 4.84. The van der Waals surface area contributed by atoms with Gasteiger partial charge in [0.05, 0.1) is 0 Å². The molecule has 0 unspecified atom stereocenters. The molecule has 0 fully saturated rings. The van der Waals surface area contributed by atoms with Crippen molar-refractivity contribution in [1.82, 2.24) is 5.32 Å². The molecule has 0 saturated heterocycles. The van der Waals surface area contributed by atoms with Gasteiger partial charge in [-0.15, -0.1) is 0 Å². The number of hydrogen-bond acceptors (Lipinski definition) is 2. The van der Waals surface area contributed by atoms with Crippen LogP contribution in [0.2, 0.25) is 0 Å². The number of para-hydroxylation sites is 1. The van der Waals surface area contributed by atoms with E-state index in [1.807, 2.05) is 25.1 Å². The predicted molar refractivity (Wildman–Crippen MR) is 58.4 cm³/mol. The number of anilines is 1. The Morgan fingerprint density at radius 2 is 1.80 bits per heavy atom. The zero-order chi connectivity index (χ0) is 11.1. The molecule has 2 amide bonds. The molecule has 0 aliphatic rings. The molecule has 1 aromatic carbocycles. The molecule has 0 aliphatic heterocycles. The number of rotatable bonds is 4. The number of amides is 2. The summed E-state index contributed by atoms with van der Waals surface area (Å²) >= 11 is 0. The van der Waals surface area contributed by atoms with Gasteiger partial charge in [-0.2, -0.15) is 0 Å². The quantitative estimate of drug-likeness (QED) is 0.726. The molecule has 0 spiro atoms. The van der Waals surface area contributed by atoms with Crippen LogP contribution in [-0.2, 0) is 9.59 Å². The van der Waals surface area contributed by atoms with Crippen molar-refractivity contribution in [3.8, 4) is 0 Å². The van der Waals surface area contributed by atoms with E-state index in [9.17, 15) is 9.59 Å². The van der Waals surface area contributed by atoms with Crippen molar-refractivity contribution >= 4 is 17.5 Å². The Kier molecular flexibility index (Phi) is 4.34. The van der Waals surface area contributed by atoms with Crippen molar-refractivity contribution in [3.63, 3.8) is 0 Å². The monoisotopic (exact) mass is 206 g/mol. The van der Waals surface area contributed by atoms with Crippen LogP contribution in [-0.4, -0.2) is 18.4 Å². The SMILES string of the molecule is CCNC(=O)CC(=O)Nc1ccccc1. The minimum Gasteiger partial charge on any atom is -0.356 e. The fraction of sp³-hybridized carbons (Fsp3) is 0.273. The van der Waals surface area contributed by atoms with Crippen LogP contribution < -0.4 is 10.6 Å². The van der Waals surface area contributed by atoms with Gasteiger partial charge < -0.3 is 10.6 Å². The highest BCUT2D eigenvalue weighted by Crippen LogP contribution is 2.04. The Labute approximate surface area is 88.7 Å². The topological polar surface area (TPSA) is 58.2 Å². The van der Waals surface area contributed by atoms with Crippen LogP contribution in [0.4, 0.5) is 5.69 Å². The summed E-state index contributed by atoms with van der Waals surface area (Å²) < 4.78 is 0. The van der Waals surface area contributed by atoms with Gasteiger partial charge in [-0.1, -0.05) is 18.2 Å². The molecule has 80 valence electrons. The number of nitrogens with one attached hydrogen (secondary N) is 2. The third-order valence-electron chi connectivity index (χ3n) is 1.75. The summed E-state index contributed by atoms with van der Waals surface area (Å²) in [7, 11) is 0. The number of hydrogen-bond donors (Lipinski definition) is 2. The van der Waals surface area contributed by atoms with Crippen molar-refractivity contribution in [2.24, 2.45) is 0 Å². The van der Waals surface area contributed by atoms with Crippen LogP contribution in [0.25, 0.3) is 0 Å². The van der Waals surface area contributed by atoms with Gasteiger partial charge in [0.15, 0.2) is 0 Å². The van der Waals surface area contributed by atoms with Crippen molar-refractivity contribution in [3.05, 3.63) is 30.3 Å². The van der Waals surface area contributed by atoms with E-state index in [4.69, 9.17) is 0 Å². The van der Waals surface area contributed by atoms with E-state index in [1.54, 1.807) is 12.1 Å². The third kappa shape index (κ3) is 4.26. The number of benzene rings is 1. The van der Waals surface area contributed by atoms with Gasteiger partial charge >= 0.3 is 0 Å². The highest BCUT2D eigenvalue weighted by molar-refractivity contribution is 6.03. The summed E-state index contributed by atoms with van der Waals surface area (Å²) in [6, 6.07) is 9.05. The molecule has 4 heteroatoms. The molecule has 0 aromatic heterocycles. The Balaban J connectivity index is 2.40. The van der Waals surface area contributed by atoms with Crippen LogP contribution in [0.15, 0.2) is 30.3 Å². The van der Waals surface area contributed by atoms with E-state index in [-0.39, 0.29) is 18.2 Å². The summed E-state index contributed by atoms with van der Waals surface area (Å²) in [6.45, 7) is 2.35. The smallest absolute Gasteiger partial charge is 0.233 e. The van der Waals surface area contributed by atoms with E-state index in [0.29, 0.717) is 12.2 Å². The van der Waals surface area contributed by atoms with Gasteiger partial charge in [0, 0.05) is 12.2 Å². The largest absolute Gasteiger partial charge is 0.356 e. The first kappa shape index (κ1) is 11.2. The third-order valence-corrected chi connectivity index (χ3v) is 1.75. The standard InChI is InChI=1S/C11H14N2O2/c1-2-12-10(14)8-11(15)13-9-6-4-3-5-7-9/h3-7H,2,8H2,1H3,(H,12,14)(H,13,15).